The van der Waals surface area contributed by atoms with Crippen molar-refractivity contribution in [3.05, 3.63) is 51.2 Å². The van der Waals surface area contributed by atoms with Gasteiger partial charge >= 0.3 is 0 Å². The number of carbonyl (C=O) groups is 1. The third-order valence-electron chi connectivity index (χ3n) is 4.57. The Balaban J connectivity index is 1.76. The molecule has 8 heteroatoms. The number of nitrogens with zero attached hydrogens (tertiary/aromatic N) is 3. The number of benzene rings is 1. The molecule has 1 aromatic heterocycles. The molecular formula is C17H20N4O4. The van der Waals surface area contributed by atoms with Gasteiger partial charge in [-0.05, 0) is 32.3 Å². The Kier molecular flexibility index (Phi) is 4.78. The van der Waals surface area contributed by atoms with Gasteiger partial charge in [-0.25, -0.2) is 0 Å². The van der Waals surface area contributed by atoms with Crippen LogP contribution < -0.4 is 5.32 Å². The summed E-state index contributed by atoms with van der Waals surface area (Å²) in [7, 11) is 0. The van der Waals surface area contributed by atoms with Crippen molar-refractivity contribution in [2.75, 3.05) is 0 Å². The first-order chi connectivity index (χ1) is 12.0. The molecule has 0 spiro atoms. The van der Waals surface area contributed by atoms with Gasteiger partial charge in [0, 0.05) is 12.0 Å². The van der Waals surface area contributed by atoms with E-state index in [1.54, 1.807) is 26.0 Å². The minimum absolute atomic E-state index is 0.0508. The molecule has 0 aliphatic heterocycles. The average Bonchev–Trinajstić information content (AvgIpc) is 3.25. The first-order valence-electron chi connectivity index (χ1n) is 8.35. The fourth-order valence-electron chi connectivity index (χ4n) is 3.20. The summed E-state index contributed by atoms with van der Waals surface area (Å²) in [5, 5.41) is 17.9. The van der Waals surface area contributed by atoms with Gasteiger partial charge in [-0.3, -0.25) is 14.9 Å². The van der Waals surface area contributed by atoms with E-state index in [0.29, 0.717) is 23.2 Å². The van der Waals surface area contributed by atoms with Gasteiger partial charge in [0.05, 0.1) is 4.92 Å². The molecule has 1 aromatic carbocycles. The number of carbonyl (C=O) groups excluding carboxylic acids is 1. The lowest BCUT2D eigenvalue weighted by Crippen LogP contribution is -2.28. The lowest BCUT2D eigenvalue weighted by atomic mass is 10.1. The molecule has 2 aromatic rings. The molecule has 1 amide bonds. The fraction of sp³-hybridized carbons (Fsp3) is 0.471. The summed E-state index contributed by atoms with van der Waals surface area (Å²) in [5.74, 6) is 0.776. The third kappa shape index (κ3) is 3.52. The Hall–Kier alpha value is -2.77. The molecule has 0 unspecified atom stereocenters. The van der Waals surface area contributed by atoms with Crippen molar-refractivity contribution < 1.29 is 14.2 Å². The monoisotopic (exact) mass is 344 g/mol. The SMILES string of the molecule is Cc1cccc([N+](=O)[O-])c1C(=O)N[C@H](C)c1nc(C2CCCC2)no1. The molecule has 0 saturated heterocycles. The van der Waals surface area contributed by atoms with Crippen molar-refractivity contribution in [3.8, 4) is 0 Å². The molecule has 8 nitrogen and oxygen atoms in total. The summed E-state index contributed by atoms with van der Waals surface area (Å²) in [6, 6.07) is 4.00. The summed E-state index contributed by atoms with van der Waals surface area (Å²) in [6.07, 6.45) is 4.43. The quantitative estimate of drug-likeness (QED) is 0.657. The van der Waals surface area contributed by atoms with E-state index < -0.39 is 16.9 Å². The summed E-state index contributed by atoms with van der Waals surface area (Å²) >= 11 is 0. The van der Waals surface area contributed by atoms with Crippen LogP contribution in [0.3, 0.4) is 0 Å². The van der Waals surface area contributed by atoms with Crippen LogP contribution in [0.2, 0.25) is 0 Å². The summed E-state index contributed by atoms with van der Waals surface area (Å²) in [5.41, 5.74) is 0.368. The predicted octanol–water partition coefficient (Wildman–Crippen LogP) is 3.43. The van der Waals surface area contributed by atoms with Crippen LogP contribution in [0.25, 0.3) is 0 Å². The van der Waals surface area contributed by atoms with Gasteiger partial charge in [-0.2, -0.15) is 4.98 Å². The Morgan fingerprint density at radius 1 is 1.40 bits per heavy atom. The van der Waals surface area contributed by atoms with E-state index in [-0.39, 0.29) is 11.3 Å². The number of aromatic nitrogens is 2. The normalized spacial score (nSPS) is 15.9. The van der Waals surface area contributed by atoms with Gasteiger partial charge in [0.15, 0.2) is 5.82 Å². The average molecular weight is 344 g/mol. The molecule has 1 atom stereocenters. The van der Waals surface area contributed by atoms with E-state index in [1.165, 1.54) is 6.07 Å². The van der Waals surface area contributed by atoms with Crippen molar-refractivity contribution in [3.63, 3.8) is 0 Å². The molecule has 132 valence electrons. The largest absolute Gasteiger partial charge is 0.340 e. The van der Waals surface area contributed by atoms with Gasteiger partial charge in [-0.1, -0.05) is 30.1 Å². The smallest absolute Gasteiger partial charge is 0.282 e. The van der Waals surface area contributed by atoms with E-state index in [4.69, 9.17) is 4.52 Å². The highest BCUT2D eigenvalue weighted by atomic mass is 16.6. The summed E-state index contributed by atoms with van der Waals surface area (Å²) < 4.78 is 5.27. The molecule has 0 bridgehead atoms. The number of aryl methyl sites for hydroxylation is 1. The second-order valence-electron chi connectivity index (χ2n) is 6.39. The molecule has 1 saturated carbocycles. The summed E-state index contributed by atoms with van der Waals surface area (Å²) in [6.45, 7) is 3.38. The number of amides is 1. The van der Waals surface area contributed by atoms with Crippen molar-refractivity contribution in [2.45, 2.75) is 51.5 Å². The van der Waals surface area contributed by atoms with E-state index in [0.717, 1.165) is 25.7 Å². The Labute approximate surface area is 144 Å². The Bertz CT molecular complexity index is 796. The van der Waals surface area contributed by atoms with E-state index in [1.807, 2.05) is 0 Å². The fourth-order valence-corrected chi connectivity index (χ4v) is 3.20. The van der Waals surface area contributed by atoms with E-state index in [2.05, 4.69) is 15.5 Å². The minimum atomic E-state index is -0.558. The minimum Gasteiger partial charge on any atom is -0.340 e. The zero-order valence-electron chi connectivity index (χ0n) is 14.2. The van der Waals surface area contributed by atoms with Crippen LogP contribution in [-0.2, 0) is 0 Å². The first kappa shape index (κ1) is 17.1. The lowest BCUT2D eigenvalue weighted by Gasteiger charge is -2.11. The highest BCUT2D eigenvalue weighted by molar-refractivity contribution is 5.99. The van der Waals surface area contributed by atoms with Crippen LogP contribution in [0, 0.1) is 17.0 Å². The van der Waals surface area contributed by atoms with Gasteiger partial charge in [-0.15, -0.1) is 0 Å². The van der Waals surface area contributed by atoms with Crippen molar-refractivity contribution in [2.24, 2.45) is 0 Å². The number of nitrogens with one attached hydrogen (secondary N) is 1. The number of rotatable bonds is 5. The maximum Gasteiger partial charge on any atom is 0.282 e. The topological polar surface area (TPSA) is 111 Å². The van der Waals surface area contributed by atoms with E-state index >= 15 is 0 Å². The van der Waals surface area contributed by atoms with Crippen LogP contribution in [0.5, 0.6) is 0 Å². The van der Waals surface area contributed by atoms with Crippen molar-refractivity contribution in [1.82, 2.24) is 15.5 Å². The van der Waals surface area contributed by atoms with Crippen LogP contribution in [0.1, 0.15) is 72.2 Å². The van der Waals surface area contributed by atoms with Gasteiger partial charge in [0.1, 0.15) is 11.6 Å². The molecule has 1 heterocycles. The number of nitro groups is 1. The number of hydrogen-bond acceptors (Lipinski definition) is 6. The van der Waals surface area contributed by atoms with Crippen molar-refractivity contribution in [1.29, 1.82) is 0 Å². The lowest BCUT2D eigenvalue weighted by molar-refractivity contribution is -0.385. The third-order valence-corrected chi connectivity index (χ3v) is 4.57. The van der Waals surface area contributed by atoms with Crippen LogP contribution in [0.4, 0.5) is 5.69 Å². The summed E-state index contributed by atoms with van der Waals surface area (Å²) in [4.78, 5) is 27.5. The zero-order valence-corrected chi connectivity index (χ0v) is 14.2. The second-order valence-corrected chi connectivity index (χ2v) is 6.39. The molecule has 1 N–H and O–H groups in total. The van der Waals surface area contributed by atoms with Crippen LogP contribution in [-0.4, -0.2) is 21.0 Å². The molecule has 25 heavy (non-hydrogen) atoms. The van der Waals surface area contributed by atoms with Gasteiger partial charge in [0.2, 0.25) is 5.89 Å². The maximum absolute atomic E-state index is 12.5. The maximum atomic E-state index is 12.5. The number of nitro benzene ring substituents is 1. The molecule has 3 rings (SSSR count). The molecule has 1 aliphatic carbocycles. The zero-order chi connectivity index (χ0) is 18.0. The Morgan fingerprint density at radius 3 is 2.80 bits per heavy atom. The molecule has 1 aliphatic rings. The number of hydrogen-bond donors (Lipinski definition) is 1. The molecular weight excluding hydrogens is 324 g/mol. The Morgan fingerprint density at radius 2 is 2.12 bits per heavy atom. The predicted molar refractivity (Wildman–Crippen MR) is 89.2 cm³/mol. The van der Waals surface area contributed by atoms with Gasteiger partial charge in [0.25, 0.3) is 11.6 Å². The molecule has 0 radical (unpaired) electrons. The highest BCUT2D eigenvalue weighted by Gasteiger charge is 2.27. The standard InChI is InChI=1S/C17H20N4O4/c1-10-6-5-9-13(21(23)24)14(10)16(22)18-11(2)17-19-15(20-25-17)12-7-3-4-8-12/h5-6,9,11-12H,3-4,7-8H2,1-2H3,(H,18,22)/t11-/m1/s1. The van der Waals surface area contributed by atoms with Crippen molar-refractivity contribution >= 4 is 11.6 Å². The first-order valence-corrected chi connectivity index (χ1v) is 8.35. The van der Waals surface area contributed by atoms with Gasteiger partial charge < -0.3 is 9.84 Å². The van der Waals surface area contributed by atoms with E-state index in [9.17, 15) is 14.9 Å². The highest BCUT2D eigenvalue weighted by Crippen LogP contribution is 2.32. The molecule has 1 fully saturated rings. The second kappa shape index (κ2) is 7.00. The van der Waals surface area contributed by atoms with Crippen LogP contribution in [0.15, 0.2) is 22.7 Å². The van der Waals surface area contributed by atoms with Crippen LogP contribution >= 0.6 is 0 Å².